The molecule has 1 aromatic carbocycles. The molecule has 3 nitrogen and oxygen atoms in total. The normalized spacial score (nSPS) is 12.7. The number of halogens is 1. The second-order valence-corrected chi connectivity index (χ2v) is 5.64. The summed E-state index contributed by atoms with van der Waals surface area (Å²) in [7, 11) is 1.98. The summed E-state index contributed by atoms with van der Waals surface area (Å²) in [6.07, 6.45) is 1.09. The van der Waals surface area contributed by atoms with E-state index in [9.17, 15) is 0 Å². The van der Waals surface area contributed by atoms with Gasteiger partial charge in [0.05, 0.1) is 17.4 Å². The molecule has 0 aliphatic rings. The molecule has 1 heterocycles. The summed E-state index contributed by atoms with van der Waals surface area (Å²) < 4.78 is 1.94. The summed E-state index contributed by atoms with van der Waals surface area (Å²) >= 11 is 6.27. The van der Waals surface area contributed by atoms with Crippen LogP contribution in [0.4, 0.5) is 0 Å². The van der Waals surface area contributed by atoms with Crippen molar-refractivity contribution >= 4 is 11.6 Å². The zero-order chi connectivity index (χ0) is 14.7. The van der Waals surface area contributed by atoms with Crippen LogP contribution in [0.25, 0.3) is 0 Å². The van der Waals surface area contributed by atoms with E-state index in [2.05, 4.69) is 35.5 Å². The molecule has 1 unspecified atom stereocenters. The lowest BCUT2D eigenvalue weighted by Crippen LogP contribution is -2.25. The zero-order valence-electron chi connectivity index (χ0n) is 12.6. The molecule has 20 heavy (non-hydrogen) atoms. The number of benzene rings is 1. The lowest BCUT2D eigenvalue weighted by molar-refractivity contribution is 0.553. The number of rotatable bonds is 5. The molecule has 108 valence electrons. The molecule has 0 saturated carbocycles. The van der Waals surface area contributed by atoms with Crippen molar-refractivity contribution in [3.63, 3.8) is 0 Å². The molecule has 0 fully saturated rings. The van der Waals surface area contributed by atoms with Gasteiger partial charge < -0.3 is 5.32 Å². The second-order valence-electron chi connectivity index (χ2n) is 5.23. The molecular formula is C16H22ClN3. The Kier molecular flexibility index (Phi) is 4.84. The fraction of sp³-hybridized carbons (Fsp3) is 0.438. The van der Waals surface area contributed by atoms with Crippen LogP contribution >= 0.6 is 11.6 Å². The summed E-state index contributed by atoms with van der Waals surface area (Å²) in [6.45, 7) is 7.17. The van der Waals surface area contributed by atoms with Crippen molar-refractivity contribution < 1.29 is 0 Å². The Morgan fingerprint density at radius 3 is 2.60 bits per heavy atom. The van der Waals surface area contributed by atoms with Gasteiger partial charge in [-0.15, -0.1) is 0 Å². The van der Waals surface area contributed by atoms with Gasteiger partial charge in [0.25, 0.3) is 0 Å². The van der Waals surface area contributed by atoms with E-state index in [1.807, 2.05) is 31.6 Å². The Bertz CT molecular complexity index is 589. The van der Waals surface area contributed by atoms with Crippen LogP contribution in [0.5, 0.6) is 0 Å². The monoisotopic (exact) mass is 291 g/mol. The molecule has 0 aliphatic heterocycles. The third-order valence-electron chi connectivity index (χ3n) is 3.46. The van der Waals surface area contributed by atoms with Crippen LogP contribution in [0.3, 0.4) is 0 Å². The van der Waals surface area contributed by atoms with Gasteiger partial charge in [-0.3, -0.25) is 4.68 Å². The van der Waals surface area contributed by atoms with Gasteiger partial charge in [-0.2, -0.15) is 5.10 Å². The lowest BCUT2D eigenvalue weighted by Gasteiger charge is -2.20. The smallest absolute Gasteiger partial charge is 0.0748 e. The Morgan fingerprint density at radius 1 is 1.30 bits per heavy atom. The number of nitrogens with one attached hydrogen (secondary N) is 1. The van der Waals surface area contributed by atoms with Crippen LogP contribution in [0.1, 0.15) is 41.9 Å². The van der Waals surface area contributed by atoms with Gasteiger partial charge in [0.15, 0.2) is 0 Å². The second kappa shape index (κ2) is 6.42. The molecule has 0 bridgehead atoms. The van der Waals surface area contributed by atoms with E-state index in [4.69, 9.17) is 11.6 Å². The summed E-state index contributed by atoms with van der Waals surface area (Å²) in [4.78, 5) is 0. The van der Waals surface area contributed by atoms with E-state index >= 15 is 0 Å². The number of aryl methyl sites for hydroxylation is 3. The lowest BCUT2D eigenvalue weighted by atomic mass is 10.0. The highest BCUT2D eigenvalue weighted by atomic mass is 35.5. The van der Waals surface area contributed by atoms with Gasteiger partial charge in [0.2, 0.25) is 0 Å². The average Bonchev–Trinajstić information content (AvgIpc) is 2.73. The van der Waals surface area contributed by atoms with E-state index in [0.29, 0.717) is 0 Å². The quantitative estimate of drug-likeness (QED) is 0.908. The fourth-order valence-corrected chi connectivity index (χ4v) is 2.56. The predicted molar refractivity (Wildman–Crippen MR) is 84.3 cm³/mol. The Balaban J connectivity index is 2.41. The topological polar surface area (TPSA) is 29.9 Å². The Hall–Kier alpha value is -1.32. The minimum Gasteiger partial charge on any atom is -0.305 e. The van der Waals surface area contributed by atoms with Crippen molar-refractivity contribution in [2.45, 2.75) is 33.2 Å². The molecule has 0 radical (unpaired) electrons. The van der Waals surface area contributed by atoms with Gasteiger partial charge in [-0.25, -0.2) is 0 Å². The number of hydrogen-bond donors (Lipinski definition) is 1. The van der Waals surface area contributed by atoms with Gasteiger partial charge in [0, 0.05) is 12.1 Å². The molecule has 1 N–H and O–H groups in total. The van der Waals surface area contributed by atoms with Crippen molar-refractivity contribution in [2.75, 3.05) is 6.54 Å². The Labute approximate surface area is 126 Å². The molecule has 0 saturated heterocycles. The Morgan fingerprint density at radius 2 is 2.05 bits per heavy atom. The summed E-state index contributed by atoms with van der Waals surface area (Å²) in [5, 5.41) is 8.84. The highest BCUT2D eigenvalue weighted by Crippen LogP contribution is 2.26. The van der Waals surface area contributed by atoms with Crippen molar-refractivity contribution in [3.05, 3.63) is 51.8 Å². The van der Waals surface area contributed by atoms with Gasteiger partial charge in [0.1, 0.15) is 0 Å². The van der Waals surface area contributed by atoms with Crippen molar-refractivity contribution in [2.24, 2.45) is 7.05 Å². The van der Waals surface area contributed by atoms with Crippen LogP contribution < -0.4 is 5.32 Å². The number of aromatic nitrogens is 2. The molecule has 4 heteroatoms. The van der Waals surface area contributed by atoms with Crippen LogP contribution in [0.2, 0.25) is 5.02 Å². The van der Waals surface area contributed by atoms with Gasteiger partial charge >= 0.3 is 0 Å². The third kappa shape index (κ3) is 3.22. The molecule has 1 aromatic heterocycles. The predicted octanol–water partition coefficient (Wildman–Crippen LogP) is 3.78. The molecule has 2 aromatic rings. The minimum atomic E-state index is 0.124. The SMILES string of the molecule is CCCNC(c1ccc(C)c(Cl)c1)c1cc(C)nn1C. The van der Waals surface area contributed by atoms with Crippen LogP contribution in [-0.4, -0.2) is 16.3 Å². The first-order valence-electron chi connectivity index (χ1n) is 7.03. The number of hydrogen-bond acceptors (Lipinski definition) is 2. The van der Waals surface area contributed by atoms with Crippen LogP contribution in [0, 0.1) is 13.8 Å². The summed E-state index contributed by atoms with van der Waals surface area (Å²) in [6, 6.07) is 8.51. The molecule has 0 amide bonds. The first-order valence-corrected chi connectivity index (χ1v) is 7.40. The molecule has 0 aliphatic carbocycles. The fourth-order valence-electron chi connectivity index (χ4n) is 2.37. The maximum absolute atomic E-state index is 6.27. The standard InChI is InChI=1S/C16H22ClN3/c1-5-8-18-16(15-9-12(3)19-20(15)4)13-7-6-11(2)14(17)10-13/h6-7,9-10,16,18H,5,8H2,1-4H3. The van der Waals surface area contributed by atoms with E-state index in [1.165, 1.54) is 5.56 Å². The van der Waals surface area contributed by atoms with E-state index in [0.717, 1.165) is 34.9 Å². The third-order valence-corrected chi connectivity index (χ3v) is 3.87. The van der Waals surface area contributed by atoms with E-state index in [1.54, 1.807) is 0 Å². The average molecular weight is 292 g/mol. The molecule has 2 rings (SSSR count). The first kappa shape index (κ1) is 15.1. The molecular weight excluding hydrogens is 270 g/mol. The van der Waals surface area contributed by atoms with Crippen LogP contribution in [-0.2, 0) is 7.05 Å². The van der Waals surface area contributed by atoms with Crippen LogP contribution in [0.15, 0.2) is 24.3 Å². The maximum Gasteiger partial charge on any atom is 0.0748 e. The summed E-state index contributed by atoms with van der Waals surface area (Å²) in [5.41, 5.74) is 4.47. The van der Waals surface area contributed by atoms with Gasteiger partial charge in [-0.05, 0) is 50.1 Å². The van der Waals surface area contributed by atoms with Crippen molar-refractivity contribution in [1.82, 2.24) is 15.1 Å². The summed E-state index contributed by atoms with van der Waals surface area (Å²) in [5.74, 6) is 0. The van der Waals surface area contributed by atoms with Gasteiger partial charge in [-0.1, -0.05) is 30.7 Å². The van der Waals surface area contributed by atoms with Crippen molar-refractivity contribution in [3.8, 4) is 0 Å². The largest absolute Gasteiger partial charge is 0.305 e. The highest BCUT2D eigenvalue weighted by molar-refractivity contribution is 6.31. The molecule has 0 spiro atoms. The van der Waals surface area contributed by atoms with E-state index in [-0.39, 0.29) is 6.04 Å². The highest BCUT2D eigenvalue weighted by Gasteiger charge is 2.18. The van der Waals surface area contributed by atoms with E-state index < -0.39 is 0 Å². The maximum atomic E-state index is 6.27. The first-order chi connectivity index (χ1) is 9.52. The zero-order valence-corrected chi connectivity index (χ0v) is 13.3. The minimum absolute atomic E-state index is 0.124. The van der Waals surface area contributed by atoms with Crippen molar-refractivity contribution in [1.29, 1.82) is 0 Å². The molecule has 1 atom stereocenters. The number of nitrogens with zero attached hydrogens (tertiary/aromatic N) is 2.